The molecule has 12 heavy (non-hydrogen) atoms. The molecule has 0 fully saturated rings. The standard InChI is InChI=1S/C9H11FN2/c1-12-9(11)6-7-3-2-4-8(10)5-7/h2-5H,6H2,1H3,(H2,11,12). The maximum Gasteiger partial charge on any atom is 0.123 e. The first-order chi connectivity index (χ1) is 5.72. The van der Waals surface area contributed by atoms with Crippen molar-refractivity contribution < 1.29 is 4.39 Å². The number of nitrogens with zero attached hydrogens (tertiary/aromatic N) is 1. The Morgan fingerprint density at radius 3 is 2.92 bits per heavy atom. The highest BCUT2D eigenvalue weighted by atomic mass is 19.1. The maximum absolute atomic E-state index is 12.6. The van der Waals surface area contributed by atoms with Gasteiger partial charge in [-0.1, -0.05) is 12.1 Å². The maximum atomic E-state index is 12.6. The Kier molecular flexibility index (Phi) is 2.80. The predicted octanol–water partition coefficient (Wildman–Crippen LogP) is 1.36. The lowest BCUT2D eigenvalue weighted by Gasteiger charge is -1.99. The van der Waals surface area contributed by atoms with Crippen LogP contribution in [0, 0.1) is 5.82 Å². The van der Waals surface area contributed by atoms with Crippen LogP contribution in [0.4, 0.5) is 4.39 Å². The van der Waals surface area contributed by atoms with Gasteiger partial charge < -0.3 is 5.73 Å². The van der Waals surface area contributed by atoms with Crippen molar-refractivity contribution in [2.24, 2.45) is 10.7 Å². The Bertz CT molecular complexity index is 294. The summed E-state index contributed by atoms with van der Waals surface area (Å²) in [5, 5.41) is 0. The van der Waals surface area contributed by atoms with Crippen molar-refractivity contribution in [3.63, 3.8) is 0 Å². The molecule has 0 aliphatic heterocycles. The van der Waals surface area contributed by atoms with Gasteiger partial charge in [-0.25, -0.2) is 4.39 Å². The Hall–Kier alpha value is -1.38. The minimum absolute atomic E-state index is 0.239. The molecule has 0 heterocycles. The van der Waals surface area contributed by atoms with Gasteiger partial charge in [0.25, 0.3) is 0 Å². The summed E-state index contributed by atoms with van der Waals surface area (Å²) in [7, 11) is 1.62. The van der Waals surface area contributed by atoms with Crippen molar-refractivity contribution in [2.75, 3.05) is 7.05 Å². The summed E-state index contributed by atoms with van der Waals surface area (Å²) in [5.41, 5.74) is 6.33. The molecule has 1 aromatic rings. The van der Waals surface area contributed by atoms with E-state index < -0.39 is 0 Å². The molecule has 0 atom stereocenters. The third-order valence-corrected chi connectivity index (χ3v) is 1.56. The lowest BCUT2D eigenvalue weighted by atomic mass is 10.1. The smallest absolute Gasteiger partial charge is 0.123 e. The molecule has 1 rings (SSSR count). The predicted molar refractivity (Wildman–Crippen MR) is 47.7 cm³/mol. The van der Waals surface area contributed by atoms with E-state index in [1.54, 1.807) is 13.1 Å². The van der Waals surface area contributed by atoms with Crippen LogP contribution in [0.1, 0.15) is 5.56 Å². The van der Waals surface area contributed by atoms with Gasteiger partial charge in [-0.05, 0) is 17.7 Å². The third-order valence-electron chi connectivity index (χ3n) is 1.56. The van der Waals surface area contributed by atoms with Gasteiger partial charge in [-0.2, -0.15) is 0 Å². The van der Waals surface area contributed by atoms with Gasteiger partial charge in [0.1, 0.15) is 5.82 Å². The third kappa shape index (κ3) is 2.34. The van der Waals surface area contributed by atoms with E-state index in [4.69, 9.17) is 5.73 Å². The van der Waals surface area contributed by atoms with E-state index in [9.17, 15) is 4.39 Å². The number of hydrogen-bond acceptors (Lipinski definition) is 1. The number of benzene rings is 1. The summed E-state index contributed by atoms with van der Waals surface area (Å²) in [5.74, 6) is 0.275. The van der Waals surface area contributed by atoms with Crippen LogP contribution < -0.4 is 5.73 Å². The molecular weight excluding hydrogens is 155 g/mol. The molecule has 0 bridgehead atoms. The molecule has 0 aromatic heterocycles. The quantitative estimate of drug-likeness (QED) is 0.522. The number of rotatable bonds is 2. The molecule has 0 spiro atoms. The van der Waals surface area contributed by atoms with Crippen molar-refractivity contribution in [3.05, 3.63) is 35.6 Å². The molecule has 64 valence electrons. The number of amidine groups is 1. The van der Waals surface area contributed by atoms with Crippen LogP contribution in [-0.4, -0.2) is 12.9 Å². The molecule has 0 saturated heterocycles. The van der Waals surface area contributed by atoms with Crippen molar-refractivity contribution >= 4 is 5.84 Å². The zero-order chi connectivity index (χ0) is 8.97. The zero-order valence-electron chi connectivity index (χ0n) is 6.92. The van der Waals surface area contributed by atoms with Gasteiger partial charge in [0.2, 0.25) is 0 Å². The van der Waals surface area contributed by atoms with Gasteiger partial charge in [-0.3, -0.25) is 4.99 Å². The number of nitrogens with two attached hydrogens (primary N) is 1. The second-order valence-electron chi connectivity index (χ2n) is 2.52. The van der Waals surface area contributed by atoms with Crippen LogP contribution in [0.2, 0.25) is 0 Å². The Morgan fingerprint density at radius 1 is 1.58 bits per heavy atom. The van der Waals surface area contributed by atoms with E-state index in [1.807, 2.05) is 6.07 Å². The van der Waals surface area contributed by atoms with E-state index in [2.05, 4.69) is 4.99 Å². The summed E-state index contributed by atoms with van der Waals surface area (Å²) >= 11 is 0. The molecular formula is C9H11FN2. The Morgan fingerprint density at radius 2 is 2.33 bits per heavy atom. The van der Waals surface area contributed by atoms with Crippen molar-refractivity contribution in [1.29, 1.82) is 0 Å². The van der Waals surface area contributed by atoms with E-state index in [0.29, 0.717) is 12.3 Å². The van der Waals surface area contributed by atoms with Crippen LogP contribution >= 0.6 is 0 Å². The first kappa shape index (κ1) is 8.71. The van der Waals surface area contributed by atoms with Crippen LogP contribution in [0.5, 0.6) is 0 Å². The minimum atomic E-state index is -0.239. The largest absolute Gasteiger partial charge is 0.387 e. The van der Waals surface area contributed by atoms with Crippen LogP contribution in [0.15, 0.2) is 29.3 Å². The molecule has 3 heteroatoms. The van der Waals surface area contributed by atoms with E-state index in [1.165, 1.54) is 12.1 Å². The minimum Gasteiger partial charge on any atom is -0.387 e. The zero-order valence-corrected chi connectivity index (χ0v) is 6.92. The van der Waals surface area contributed by atoms with E-state index in [0.717, 1.165) is 5.56 Å². The van der Waals surface area contributed by atoms with Crippen LogP contribution in [-0.2, 0) is 6.42 Å². The first-order valence-corrected chi connectivity index (χ1v) is 3.68. The van der Waals surface area contributed by atoms with Gasteiger partial charge in [0.05, 0.1) is 5.84 Å². The summed E-state index contributed by atoms with van der Waals surface area (Å²) in [4.78, 5) is 3.79. The Balaban J connectivity index is 2.76. The molecule has 0 aliphatic rings. The van der Waals surface area contributed by atoms with Crippen LogP contribution in [0.25, 0.3) is 0 Å². The summed E-state index contributed by atoms with van der Waals surface area (Å²) in [6, 6.07) is 6.34. The van der Waals surface area contributed by atoms with Gasteiger partial charge in [-0.15, -0.1) is 0 Å². The second kappa shape index (κ2) is 3.85. The van der Waals surface area contributed by atoms with Crippen LogP contribution in [0.3, 0.4) is 0 Å². The number of halogens is 1. The average Bonchev–Trinajstić information content (AvgIpc) is 2.04. The van der Waals surface area contributed by atoms with Gasteiger partial charge >= 0.3 is 0 Å². The average molecular weight is 166 g/mol. The fourth-order valence-electron chi connectivity index (χ4n) is 0.935. The highest BCUT2D eigenvalue weighted by molar-refractivity contribution is 5.82. The summed E-state index contributed by atoms with van der Waals surface area (Å²) < 4.78 is 12.6. The summed E-state index contributed by atoms with van der Waals surface area (Å²) in [6.07, 6.45) is 0.508. The SMILES string of the molecule is CN=C(N)Cc1cccc(F)c1. The normalized spacial score (nSPS) is 11.7. The van der Waals surface area contributed by atoms with Gasteiger partial charge in [0.15, 0.2) is 0 Å². The highest BCUT2D eigenvalue weighted by Gasteiger charge is 1.96. The first-order valence-electron chi connectivity index (χ1n) is 3.68. The highest BCUT2D eigenvalue weighted by Crippen LogP contribution is 2.03. The number of hydrogen-bond donors (Lipinski definition) is 1. The summed E-state index contributed by atoms with van der Waals surface area (Å²) in [6.45, 7) is 0. The molecule has 0 aliphatic carbocycles. The number of aliphatic imine (C=N–C) groups is 1. The molecule has 0 amide bonds. The van der Waals surface area contributed by atoms with Crippen molar-refractivity contribution in [1.82, 2.24) is 0 Å². The second-order valence-corrected chi connectivity index (χ2v) is 2.52. The fraction of sp³-hybridized carbons (Fsp3) is 0.222. The monoisotopic (exact) mass is 166 g/mol. The van der Waals surface area contributed by atoms with E-state index in [-0.39, 0.29) is 5.82 Å². The topological polar surface area (TPSA) is 38.4 Å². The molecule has 1 aromatic carbocycles. The molecule has 2 N–H and O–H groups in total. The van der Waals surface area contributed by atoms with Gasteiger partial charge in [0, 0.05) is 13.5 Å². The molecule has 0 unspecified atom stereocenters. The lowest BCUT2D eigenvalue weighted by molar-refractivity contribution is 0.626. The molecule has 0 saturated carbocycles. The lowest BCUT2D eigenvalue weighted by Crippen LogP contribution is -2.14. The van der Waals surface area contributed by atoms with E-state index >= 15 is 0 Å². The Labute approximate surface area is 70.9 Å². The fourth-order valence-corrected chi connectivity index (χ4v) is 0.935. The van der Waals surface area contributed by atoms with Crippen molar-refractivity contribution in [2.45, 2.75) is 6.42 Å². The molecule has 0 radical (unpaired) electrons. The molecule has 2 nitrogen and oxygen atoms in total. The van der Waals surface area contributed by atoms with Crippen molar-refractivity contribution in [3.8, 4) is 0 Å².